The quantitative estimate of drug-likeness (QED) is 0.432. The summed E-state index contributed by atoms with van der Waals surface area (Å²) in [5.74, 6) is -0.384. The molecule has 1 aliphatic heterocycles. The predicted molar refractivity (Wildman–Crippen MR) is 91.6 cm³/mol. The van der Waals surface area contributed by atoms with Crippen LogP contribution in [0.3, 0.4) is 0 Å². The highest BCUT2D eigenvalue weighted by molar-refractivity contribution is 6.74. The number of rotatable bonds is 5. The minimum absolute atomic E-state index is 0.0818. The molecule has 0 aromatic carbocycles. The Morgan fingerprint density at radius 2 is 1.91 bits per heavy atom. The molecule has 0 amide bonds. The fourth-order valence-corrected chi connectivity index (χ4v) is 4.00. The number of hydrogen-bond donors (Lipinski definition) is 0. The van der Waals surface area contributed by atoms with Crippen molar-refractivity contribution in [2.24, 2.45) is 5.41 Å². The molecule has 1 heterocycles. The van der Waals surface area contributed by atoms with Gasteiger partial charge >= 0.3 is 5.97 Å². The van der Waals surface area contributed by atoms with Crippen molar-refractivity contribution in [2.45, 2.75) is 91.0 Å². The average Bonchev–Trinajstić information content (AvgIpc) is 2.33. The van der Waals surface area contributed by atoms with Crippen LogP contribution < -0.4 is 0 Å². The summed E-state index contributed by atoms with van der Waals surface area (Å²) in [7, 11) is -1.99. The lowest BCUT2D eigenvalue weighted by Crippen LogP contribution is -2.56. The summed E-state index contributed by atoms with van der Waals surface area (Å²) in [6.07, 6.45) is 0.516. The molecule has 0 saturated carbocycles. The van der Waals surface area contributed by atoms with Crippen molar-refractivity contribution in [3.05, 3.63) is 0 Å². The summed E-state index contributed by atoms with van der Waals surface area (Å²) in [6.45, 7) is 16.5. The minimum Gasteiger partial charge on any atom is -0.436 e. The van der Waals surface area contributed by atoms with Gasteiger partial charge in [-0.05, 0) is 18.1 Å². The third-order valence-corrected chi connectivity index (χ3v) is 9.72. The Bertz CT molecular complexity index is 439. The van der Waals surface area contributed by atoms with Crippen LogP contribution in [0.5, 0.6) is 0 Å². The maximum Gasteiger partial charge on any atom is 0.304 e. The van der Waals surface area contributed by atoms with Crippen molar-refractivity contribution in [3.8, 4) is 0 Å². The lowest BCUT2D eigenvalue weighted by Gasteiger charge is -2.50. The highest BCUT2D eigenvalue weighted by atomic mass is 28.4. The van der Waals surface area contributed by atoms with E-state index in [0.717, 1.165) is 6.29 Å². The number of ether oxygens (including phenoxy) is 2. The van der Waals surface area contributed by atoms with Gasteiger partial charge in [0, 0.05) is 25.2 Å². The standard InChI is InChI=1S/C17H32O5Si/c1-12(19)20-15-11-14(22-23(7,8)16(2,3)4)17(5,6)13(21-15)9-10-18/h10,13-15H,9,11H2,1-8H3/t13-,14-,15?/m1/s1. The van der Waals surface area contributed by atoms with Gasteiger partial charge in [-0.25, -0.2) is 0 Å². The van der Waals surface area contributed by atoms with Crippen LogP contribution in [-0.2, 0) is 23.5 Å². The Labute approximate surface area is 141 Å². The average molecular weight is 345 g/mol. The first-order chi connectivity index (χ1) is 10.3. The summed E-state index contributed by atoms with van der Waals surface area (Å²) in [6, 6.07) is 0. The van der Waals surface area contributed by atoms with E-state index in [9.17, 15) is 9.59 Å². The number of aldehydes is 1. The summed E-state index contributed by atoms with van der Waals surface area (Å²) in [5.41, 5.74) is -0.326. The molecule has 1 aliphatic rings. The van der Waals surface area contributed by atoms with E-state index >= 15 is 0 Å². The van der Waals surface area contributed by atoms with E-state index in [1.165, 1.54) is 6.92 Å². The van der Waals surface area contributed by atoms with Gasteiger partial charge in [0.15, 0.2) is 8.32 Å². The molecule has 6 heteroatoms. The molecule has 1 fully saturated rings. The van der Waals surface area contributed by atoms with Gasteiger partial charge in [0.2, 0.25) is 6.29 Å². The molecule has 5 nitrogen and oxygen atoms in total. The molecule has 1 saturated heterocycles. The van der Waals surface area contributed by atoms with Crippen LogP contribution in [0, 0.1) is 5.41 Å². The topological polar surface area (TPSA) is 61.8 Å². The molecular weight excluding hydrogens is 312 g/mol. The van der Waals surface area contributed by atoms with E-state index in [4.69, 9.17) is 13.9 Å². The third kappa shape index (κ3) is 4.87. The first-order valence-corrected chi connectivity index (χ1v) is 11.2. The molecule has 0 bridgehead atoms. The predicted octanol–water partition coefficient (Wildman–Crippen LogP) is 3.67. The molecule has 1 unspecified atom stereocenters. The summed E-state index contributed by atoms with van der Waals surface area (Å²) in [5, 5.41) is 0.0818. The maximum absolute atomic E-state index is 11.3. The second kappa shape index (κ2) is 7.03. The largest absolute Gasteiger partial charge is 0.436 e. The number of carbonyl (C=O) groups excluding carboxylic acids is 2. The van der Waals surface area contributed by atoms with E-state index in [1.54, 1.807) is 0 Å². The molecule has 0 radical (unpaired) electrons. The SMILES string of the molecule is CC(=O)OC1C[C@@H](O[Si](C)(C)C(C)(C)C)C(C)(C)[C@@H](CC=O)O1. The van der Waals surface area contributed by atoms with Crippen molar-refractivity contribution in [2.75, 3.05) is 0 Å². The summed E-state index contributed by atoms with van der Waals surface area (Å²) >= 11 is 0. The van der Waals surface area contributed by atoms with Crippen LogP contribution in [0.15, 0.2) is 0 Å². The van der Waals surface area contributed by atoms with Crippen LogP contribution in [0.4, 0.5) is 0 Å². The molecule has 0 aromatic rings. The Hall–Kier alpha value is -0.723. The van der Waals surface area contributed by atoms with Crippen LogP contribution >= 0.6 is 0 Å². The van der Waals surface area contributed by atoms with Gasteiger partial charge in [-0.15, -0.1) is 0 Å². The molecule has 1 rings (SSSR count). The van der Waals surface area contributed by atoms with Gasteiger partial charge in [0.05, 0.1) is 12.2 Å². The summed E-state index contributed by atoms with van der Waals surface area (Å²) < 4.78 is 17.7. The van der Waals surface area contributed by atoms with Gasteiger partial charge < -0.3 is 18.7 Å². The van der Waals surface area contributed by atoms with Crippen molar-refractivity contribution < 1.29 is 23.5 Å². The van der Waals surface area contributed by atoms with Crippen molar-refractivity contribution in [1.29, 1.82) is 0 Å². The zero-order chi connectivity index (χ0) is 18.1. The van der Waals surface area contributed by atoms with Crippen molar-refractivity contribution >= 4 is 20.6 Å². The molecule has 23 heavy (non-hydrogen) atoms. The Morgan fingerprint density at radius 3 is 2.35 bits per heavy atom. The highest BCUT2D eigenvalue weighted by Gasteiger charge is 2.50. The van der Waals surface area contributed by atoms with Gasteiger partial charge in [-0.1, -0.05) is 34.6 Å². The lowest BCUT2D eigenvalue weighted by molar-refractivity contribution is -0.247. The van der Waals surface area contributed by atoms with Crippen LogP contribution in [0.1, 0.15) is 54.4 Å². The molecule has 3 atom stereocenters. The number of carbonyl (C=O) groups is 2. The smallest absolute Gasteiger partial charge is 0.304 e. The van der Waals surface area contributed by atoms with Gasteiger partial charge in [0.25, 0.3) is 0 Å². The highest BCUT2D eigenvalue weighted by Crippen LogP contribution is 2.45. The third-order valence-electron chi connectivity index (χ3n) is 5.23. The second-order valence-corrected chi connectivity index (χ2v) is 13.2. The molecule has 0 aliphatic carbocycles. The Morgan fingerprint density at radius 1 is 1.35 bits per heavy atom. The number of esters is 1. The van der Waals surface area contributed by atoms with Gasteiger partial charge in [0.1, 0.15) is 6.29 Å². The minimum atomic E-state index is -1.99. The monoisotopic (exact) mass is 344 g/mol. The molecule has 134 valence electrons. The van der Waals surface area contributed by atoms with Crippen LogP contribution in [0.25, 0.3) is 0 Å². The first-order valence-electron chi connectivity index (χ1n) is 8.25. The molecule has 0 N–H and O–H groups in total. The normalized spacial score (nSPS) is 28.3. The van der Waals surface area contributed by atoms with Gasteiger partial charge in [-0.3, -0.25) is 4.79 Å². The van der Waals surface area contributed by atoms with Crippen LogP contribution in [0.2, 0.25) is 18.1 Å². The first kappa shape index (κ1) is 20.3. The summed E-state index contributed by atoms with van der Waals surface area (Å²) in [4.78, 5) is 22.3. The van der Waals surface area contributed by atoms with E-state index in [2.05, 4.69) is 47.7 Å². The van der Waals surface area contributed by atoms with Crippen molar-refractivity contribution in [3.63, 3.8) is 0 Å². The number of hydrogen-bond acceptors (Lipinski definition) is 5. The zero-order valence-corrected chi connectivity index (χ0v) is 16.8. The molecule has 0 aromatic heterocycles. The molecule has 0 spiro atoms. The fourth-order valence-electron chi connectivity index (χ4n) is 2.54. The van der Waals surface area contributed by atoms with E-state index in [0.29, 0.717) is 6.42 Å². The molecular formula is C17H32O5Si. The lowest BCUT2D eigenvalue weighted by atomic mass is 9.76. The zero-order valence-electron chi connectivity index (χ0n) is 15.8. The van der Waals surface area contributed by atoms with E-state index < -0.39 is 14.6 Å². The van der Waals surface area contributed by atoms with E-state index in [-0.39, 0.29) is 35.1 Å². The van der Waals surface area contributed by atoms with Crippen molar-refractivity contribution in [1.82, 2.24) is 0 Å². The van der Waals surface area contributed by atoms with E-state index in [1.807, 2.05) is 0 Å². The maximum atomic E-state index is 11.3. The fraction of sp³-hybridized carbons (Fsp3) is 0.882. The van der Waals surface area contributed by atoms with Gasteiger partial charge in [-0.2, -0.15) is 0 Å². The van der Waals surface area contributed by atoms with Crippen LogP contribution in [-0.4, -0.2) is 39.1 Å². The Kier molecular flexibility index (Phi) is 6.21. The second-order valence-electron chi connectivity index (χ2n) is 8.49. The Balaban J connectivity index is 3.04.